The van der Waals surface area contributed by atoms with Gasteiger partial charge >= 0.3 is 0 Å². The van der Waals surface area contributed by atoms with Crippen molar-refractivity contribution < 1.29 is 4.79 Å². The van der Waals surface area contributed by atoms with Gasteiger partial charge in [-0.05, 0) is 45.4 Å². The van der Waals surface area contributed by atoms with Crippen molar-refractivity contribution in [2.75, 3.05) is 33.7 Å². The minimum atomic E-state index is 0.212. The number of likely N-dealkylation sites (N-methyl/N-ethyl adjacent to an activating group) is 1. The van der Waals surface area contributed by atoms with Crippen LogP contribution < -0.4 is 10.6 Å². The van der Waals surface area contributed by atoms with E-state index in [0.717, 1.165) is 26.1 Å². The Morgan fingerprint density at radius 2 is 2.06 bits per heavy atom. The summed E-state index contributed by atoms with van der Waals surface area (Å²) in [5.74, 6) is 1.38. The van der Waals surface area contributed by atoms with Crippen LogP contribution in [-0.4, -0.2) is 50.6 Å². The van der Waals surface area contributed by atoms with Gasteiger partial charge in [-0.25, -0.2) is 0 Å². The normalized spacial score (nSPS) is 18.2. The second kappa shape index (κ2) is 6.97. The lowest BCUT2D eigenvalue weighted by molar-refractivity contribution is -0.123. The van der Waals surface area contributed by atoms with Gasteiger partial charge in [-0.3, -0.25) is 4.79 Å². The number of amides is 1. The van der Waals surface area contributed by atoms with Crippen LogP contribution in [0.15, 0.2) is 0 Å². The Labute approximate surface area is 105 Å². The number of carbonyl (C=O) groups is 1. The summed E-state index contributed by atoms with van der Waals surface area (Å²) in [5, 5.41) is 6.37. The van der Waals surface area contributed by atoms with E-state index in [0.29, 0.717) is 18.3 Å². The van der Waals surface area contributed by atoms with Crippen molar-refractivity contribution >= 4 is 5.91 Å². The van der Waals surface area contributed by atoms with Gasteiger partial charge in [0.15, 0.2) is 0 Å². The van der Waals surface area contributed by atoms with Gasteiger partial charge in [-0.15, -0.1) is 0 Å². The molecule has 0 aliphatic carbocycles. The topological polar surface area (TPSA) is 44.4 Å². The van der Waals surface area contributed by atoms with Gasteiger partial charge in [-0.2, -0.15) is 0 Å². The highest BCUT2D eigenvalue weighted by atomic mass is 16.1. The van der Waals surface area contributed by atoms with Gasteiger partial charge in [-0.1, -0.05) is 13.8 Å². The van der Waals surface area contributed by atoms with Crippen LogP contribution in [0, 0.1) is 11.8 Å². The SMILES string of the molecule is CC(C)CC(CN(C)C)NC(=O)CC1CNC1. The molecule has 0 aromatic rings. The fourth-order valence-electron chi connectivity index (χ4n) is 2.23. The average Bonchev–Trinajstić information content (AvgIpc) is 2.09. The molecular formula is C13H27N3O. The third kappa shape index (κ3) is 6.03. The zero-order valence-electron chi connectivity index (χ0n) is 11.6. The van der Waals surface area contributed by atoms with Crippen molar-refractivity contribution in [3.8, 4) is 0 Å². The van der Waals surface area contributed by atoms with E-state index in [-0.39, 0.29) is 11.9 Å². The maximum absolute atomic E-state index is 11.9. The third-order valence-corrected chi connectivity index (χ3v) is 3.05. The molecule has 17 heavy (non-hydrogen) atoms. The van der Waals surface area contributed by atoms with E-state index in [1.54, 1.807) is 0 Å². The molecule has 1 rings (SSSR count). The summed E-state index contributed by atoms with van der Waals surface area (Å²) in [6.07, 6.45) is 1.72. The summed E-state index contributed by atoms with van der Waals surface area (Å²) in [5.41, 5.74) is 0. The van der Waals surface area contributed by atoms with Gasteiger partial charge in [0.05, 0.1) is 0 Å². The van der Waals surface area contributed by atoms with Crippen LogP contribution in [-0.2, 0) is 4.79 Å². The lowest BCUT2D eigenvalue weighted by atomic mass is 9.98. The monoisotopic (exact) mass is 241 g/mol. The van der Waals surface area contributed by atoms with Crippen molar-refractivity contribution in [2.45, 2.75) is 32.7 Å². The predicted molar refractivity (Wildman–Crippen MR) is 70.9 cm³/mol. The van der Waals surface area contributed by atoms with Crippen LogP contribution in [0.2, 0.25) is 0 Å². The van der Waals surface area contributed by atoms with Crippen LogP contribution >= 0.6 is 0 Å². The zero-order chi connectivity index (χ0) is 12.8. The lowest BCUT2D eigenvalue weighted by Gasteiger charge is -2.28. The van der Waals surface area contributed by atoms with E-state index in [9.17, 15) is 4.79 Å². The minimum absolute atomic E-state index is 0.212. The Hall–Kier alpha value is -0.610. The third-order valence-electron chi connectivity index (χ3n) is 3.05. The first-order valence-corrected chi connectivity index (χ1v) is 6.62. The van der Waals surface area contributed by atoms with Crippen LogP contribution in [0.25, 0.3) is 0 Å². The highest BCUT2D eigenvalue weighted by Crippen LogP contribution is 2.10. The van der Waals surface area contributed by atoms with E-state index in [1.807, 2.05) is 0 Å². The van der Waals surface area contributed by atoms with E-state index in [4.69, 9.17) is 0 Å². The molecule has 1 saturated heterocycles. The standard InChI is InChI=1S/C13H27N3O/c1-10(2)5-12(9-16(3)4)15-13(17)6-11-7-14-8-11/h10-12,14H,5-9H2,1-4H3,(H,15,17). The van der Waals surface area contributed by atoms with Crippen molar-refractivity contribution in [2.24, 2.45) is 11.8 Å². The minimum Gasteiger partial charge on any atom is -0.352 e. The molecular weight excluding hydrogens is 214 g/mol. The van der Waals surface area contributed by atoms with E-state index < -0.39 is 0 Å². The number of nitrogens with zero attached hydrogens (tertiary/aromatic N) is 1. The first-order chi connectivity index (χ1) is 7.97. The maximum atomic E-state index is 11.9. The molecule has 0 aromatic carbocycles. The van der Waals surface area contributed by atoms with Crippen molar-refractivity contribution in [1.29, 1.82) is 0 Å². The molecule has 4 nitrogen and oxygen atoms in total. The van der Waals surface area contributed by atoms with Crippen molar-refractivity contribution in [3.63, 3.8) is 0 Å². The predicted octanol–water partition coefficient (Wildman–Crippen LogP) is 0.688. The van der Waals surface area contributed by atoms with Gasteiger partial charge in [0.1, 0.15) is 0 Å². The molecule has 1 atom stereocenters. The number of hydrogen-bond donors (Lipinski definition) is 2. The summed E-state index contributed by atoms with van der Waals surface area (Å²) in [6, 6.07) is 0.283. The molecule has 100 valence electrons. The van der Waals surface area contributed by atoms with Crippen LogP contribution in [0.1, 0.15) is 26.7 Å². The number of carbonyl (C=O) groups excluding carboxylic acids is 1. The van der Waals surface area contributed by atoms with Crippen molar-refractivity contribution in [1.82, 2.24) is 15.5 Å². The molecule has 0 saturated carbocycles. The molecule has 0 spiro atoms. The summed E-state index contributed by atoms with van der Waals surface area (Å²) < 4.78 is 0. The lowest BCUT2D eigenvalue weighted by Crippen LogP contribution is -2.47. The quantitative estimate of drug-likeness (QED) is 0.689. The Balaban J connectivity index is 2.32. The molecule has 1 heterocycles. The molecule has 1 fully saturated rings. The maximum Gasteiger partial charge on any atom is 0.220 e. The van der Waals surface area contributed by atoms with E-state index in [2.05, 4.69) is 43.5 Å². The summed E-state index contributed by atoms with van der Waals surface area (Å²) in [4.78, 5) is 14.0. The fourth-order valence-corrected chi connectivity index (χ4v) is 2.23. The largest absolute Gasteiger partial charge is 0.352 e. The fraction of sp³-hybridized carbons (Fsp3) is 0.923. The molecule has 0 radical (unpaired) electrons. The number of rotatable bonds is 7. The second-order valence-corrected chi connectivity index (χ2v) is 5.88. The number of nitrogens with one attached hydrogen (secondary N) is 2. The van der Waals surface area contributed by atoms with E-state index >= 15 is 0 Å². The van der Waals surface area contributed by atoms with Crippen molar-refractivity contribution in [3.05, 3.63) is 0 Å². The smallest absolute Gasteiger partial charge is 0.220 e. The Morgan fingerprint density at radius 3 is 2.47 bits per heavy atom. The Bertz CT molecular complexity index is 227. The average molecular weight is 241 g/mol. The van der Waals surface area contributed by atoms with Gasteiger partial charge < -0.3 is 15.5 Å². The van der Waals surface area contributed by atoms with Crippen LogP contribution in [0.3, 0.4) is 0 Å². The molecule has 0 bridgehead atoms. The second-order valence-electron chi connectivity index (χ2n) is 5.88. The molecule has 1 aliphatic rings. The Kier molecular flexibility index (Phi) is 5.92. The summed E-state index contributed by atoms with van der Waals surface area (Å²) in [6.45, 7) is 7.31. The molecule has 2 N–H and O–H groups in total. The highest BCUT2D eigenvalue weighted by molar-refractivity contribution is 5.76. The molecule has 1 amide bonds. The molecule has 4 heteroatoms. The van der Waals surface area contributed by atoms with Crippen LogP contribution in [0.5, 0.6) is 0 Å². The summed E-state index contributed by atoms with van der Waals surface area (Å²) >= 11 is 0. The molecule has 1 aliphatic heterocycles. The molecule has 0 aromatic heterocycles. The first kappa shape index (κ1) is 14.5. The van der Waals surface area contributed by atoms with Gasteiger partial charge in [0, 0.05) is 19.0 Å². The van der Waals surface area contributed by atoms with Gasteiger partial charge in [0.2, 0.25) is 5.91 Å². The van der Waals surface area contributed by atoms with Crippen LogP contribution in [0.4, 0.5) is 0 Å². The van der Waals surface area contributed by atoms with E-state index in [1.165, 1.54) is 0 Å². The number of hydrogen-bond acceptors (Lipinski definition) is 3. The molecule has 1 unspecified atom stereocenters. The highest BCUT2D eigenvalue weighted by Gasteiger charge is 2.22. The zero-order valence-corrected chi connectivity index (χ0v) is 11.6. The van der Waals surface area contributed by atoms with Gasteiger partial charge in [0.25, 0.3) is 0 Å². The summed E-state index contributed by atoms with van der Waals surface area (Å²) in [7, 11) is 4.10. The Morgan fingerprint density at radius 1 is 1.41 bits per heavy atom. The first-order valence-electron chi connectivity index (χ1n) is 6.62.